The van der Waals surface area contributed by atoms with Crippen molar-refractivity contribution in [3.8, 4) is 11.5 Å². The van der Waals surface area contributed by atoms with Gasteiger partial charge in [-0.25, -0.2) is 4.39 Å². The maximum absolute atomic E-state index is 13.1. The van der Waals surface area contributed by atoms with Crippen LogP contribution in [0.25, 0.3) is 11.5 Å². The van der Waals surface area contributed by atoms with E-state index in [4.69, 9.17) is 16.0 Å². The van der Waals surface area contributed by atoms with Crippen LogP contribution in [0.2, 0.25) is 5.02 Å². The Morgan fingerprint density at radius 3 is 2.70 bits per heavy atom. The third-order valence-electron chi connectivity index (χ3n) is 2.78. The van der Waals surface area contributed by atoms with Gasteiger partial charge in [0.25, 0.3) is 0 Å². The van der Waals surface area contributed by atoms with Gasteiger partial charge in [0.1, 0.15) is 5.82 Å². The van der Waals surface area contributed by atoms with E-state index in [2.05, 4.69) is 10.2 Å². The average Bonchev–Trinajstić information content (AvgIpc) is 2.87. The van der Waals surface area contributed by atoms with Gasteiger partial charge in [-0.15, -0.1) is 10.2 Å². The van der Waals surface area contributed by atoms with Crippen LogP contribution in [0.4, 0.5) is 4.39 Å². The van der Waals surface area contributed by atoms with Crippen LogP contribution in [0.1, 0.15) is 11.5 Å². The number of benzene rings is 2. The predicted molar refractivity (Wildman–Crippen MR) is 74.0 cm³/mol. The summed E-state index contributed by atoms with van der Waals surface area (Å²) < 4.78 is 18.7. The van der Waals surface area contributed by atoms with E-state index in [1.54, 1.807) is 18.2 Å². The van der Waals surface area contributed by atoms with Crippen LogP contribution in [-0.4, -0.2) is 10.2 Å². The molecule has 100 valence electrons. The zero-order chi connectivity index (χ0) is 13.9. The van der Waals surface area contributed by atoms with Crippen molar-refractivity contribution in [3.05, 3.63) is 70.8 Å². The average molecular weight is 289 g/mol. The molecule has 0 unspecified atom stereocenters. The Bertz CT molecular complexity index is 742. The van der Waals surface area contributed by atoms with Crippen molar-refractivity contribution in [3.63, 3.8) is 0 Å². The predicted octanol–water partition coefficient (Wildman–Crippen LogP) is 4.12. The summed E-state index contributed by atoms with van der Waals surface area (Å²) >= 11 is 5.92. The van der Waals surface area contributed by atoms with Gasteiger partial charge in [-0.05, 0) is 35.9 Å². The van der Waals surface area contributed by atoms with Crippen LogP contribution >= 0.6 is 11.6 Å². The van der Waals surface area contributed by atoms with Crippen molar-refractivity contribution >= 4 is 11.6 Å². The minimum Gasteiger partial charge on any atom is -0.420 e. The summed E-state index contributed by atoms with van der Waals surface area (Å²) in [7, 11) is 0. The minimum absolute atomic E-state index is 0.307. The first-order chi connectivity index (χ1) is 9.70. The summed E-state index contributed by atoms with van der Waals surface area (Å²) in [5.41, 5.74) is 1.54. The molecule has 0 aliphatic heterocycles. The molecule has 20 heavy (non-hydrogen) atoms. The normalized spacial score (nSPS) is 10.7. The summed E-state index contributed by atoms with van der Waals surface area (Å²) in [6.07, 6.45) is 0.489. The lowest BCUT2D eigenvalue weighted by molar-refractivity contribution is 0.517. The van der Waals surface area contributed by atoms with E-state index >= 15 is 0 Å². The smallest absolute Gasteiger partial charge is 0.247 e. The van der Waals surface area contributed by atoms with Crippen molar-refractivity contribution in [1.82, 2.24) is 10.2 Å². The molecule has 0 bridgehead atoms. The van der Waals surface area contributed by atoms with Gasteiger partial charge in [0, 0.05) is 10.6 Å². The number of halogens is 2. The first kappa shape index (κ1) is 12.8. The van der Waals surface area contributed by atoms with Crippen LogP contribution in [0.15, 0.2) is 52.9 Å². The molecule has 5 heteroatoms. The molecule has 0 saturated carbocycles. The molecule has 0 aliphatic carbocycles. The van der Waals surface area contributed by atoms with Crippen LogP contribution in [0, 0.1) is 5.82 Å². The van der Waals surface area contributed by atoms with E-state index in [0.717, 1.165) is 5.56 Å². The van der Waals surface area contributed by atoms with Gasteiger partial charge >= 0.3 is 0 Å². The molecule has 1 aromatic heterocycles. The van der Waals surface area contributed by atoms with E-state index in [9.17, 15) is 4.39 Å². The van der Waals surface area contributed by atoms with Gasteiger partial charge in [0.2, 0.25) is 11.8 Å². The highest BCUT2D eigenvalue weighted by Crippen LogP contribution is 2.20. The molecule has 1 heterocycles. The lowest BCUT2D eigenvalue weighted by Crippen LogP contribution is -1.87. The number of nitrogens with zero attached hydrogens (tertiary/aromatic N) is 2. The Kier molecular flexibility index (Phi) is 3.48. The molecule has 0 aliphatic rings. The second-order valence-electron chi connectivity index (χ2n) is 4.32. The van der Waals surface area contributed by atoms with Crippen LogP contribution in [-0.2, 0) is 6.42 Å². The van der Waals surface area contributed by atoms with Gasteiger partial charge in [-0.1, -0.05) is 29.8 Å². The molecule has 0 fully saturated rings. The largest absolute Gasteiger partial charge is 0.420 e. The number of hydrogen-bond donors (Lipinski definition) is 0. The van der Waals surface area contributed by atoms with Gasteiger partial charge in [-0.3, -0.25) is 0 Å². The highest BCUT2D eigenvalue weighted by Gasteiger charge is 2.09. The fraction of sp³-hybridized carbons (Fsp3) is 0.0667. The third kappa shape index (κ3) is 2.86. The molecule has 3 rings (SSSR count). The summed E-state index contributed by atoms with van der Waals surface area (Å²) in [5.74, 6) is 0.435. The molecule has 3 aromatic rings. The highest BCUT2D eigenvalue weighted by molar-refractivity contribution is 6.30. The Morgan fingerprint density at radius 1 is 1.05 bits per heavy atom. The third-order valence-corrected chi connectivity index (χ3v) is 3.02. The number of hydrogen-bond acceptors (Lipinski definition) is 3. The Balaban J connectivity index is 1.84. The number of rotatable bonds is 3. The SMILES string of the molecule is Fc1cccc(-c2nnc(Cc3cccc(Cl)c3)o2)c1. The fourth-order valence-electron chi connectivity index (χ4n) is 1.88. The first-order valence-electron chi connectivity index (χ1n) is 6.03. The monoisotopic (exact) mass is 288 g/mol. The lowest BCUT2D eigenvalue weighted by Gasteiger charge is -1.97. The second kappa shape index (κ2) is 5.43. The molecule has 0 N–H and O–H groups in total. The van der Waals surface area contributed by atoms with Crippen LogP contribution in [0.5, 0.6) is 0 Å². The molecule has 2 aromatic carbocycles. The fourth-order valence-corrected chi connectivity index (χ4v) is 2.10. The molecular formula is C15H10ClFN2O. The van der Waals surface area contributed by atoms with Gasteiger partial charge < -0.3 is 4.42 Å². The molecular weight excluding hydrogens is 279 g/mol. The molecule has 0 spiro atoms. The summed E-state index contributed by atoms with van der Waals surface area (Å²) in [6.45, 7) is 0. The number of aromatic nitrogens is 2. The molecule has 0 atom stereocenters. The van der Waals surface area contributed by atoms with Crippen LogP contribution in [0.3, 0.4) is 0 Å². The molecule has 0 saturated heterocycles. The van der Waals surface area contributed by atoms with Gasteiger partial charge in [0.05, 0.1) is 6.42 Å². The standard InChI is InChI=1S/C15H10ClFN2O/c16-12-5-1-3-10(7-12)8-14-18-19-15(20-14)11-4-2-6-13(17)9-11/h1-7,9H,8H2. The molecule has 0 radical (unpaired) electrons. The van der Waals surface area contributed by atoms with Crippen molar-refractivity contribution in [1.29, 1.82) is 0 Å². The minimum atomic E-state index is -0.336. The van der Waals surface area contributed by atoms with Crippen molar-refractivity contribution in [2.45, 2.75) is 6.42 Å². The van der Waals surface area contributed by atoms with E-state index in [0.29, 0.717) is 28.8 Å². The Morgan fingerprint density at radius 2 is 1.90 bits per heavy atom. The van der Waals surface area contributed by atoms with E-state index in [1.807, 2.05) is 18.2 Å². The van der Waals surface area contributed by atoms with E-state index < -0.39 is 0 Å². The van der Waals surface area contributed by atoms with Crippen molar-refractivity contribution < 1.29 is 8.81 Å². The summed E-state index contributed by atoms with van der Waals surface area (Å²) in [6, 6.07) is 13.5. The van der Waals surface area contributed by atoms with Crippen molar-refractivity contribution in [2.75, 3.05) is 0 Å². The first-order valence-corrected chi connectivity index (χ1v) is 6.41. The van der Waals surface area contributed by atoms with Gasteiger partial charge in [0.15, 0.2) is 0 Å². The maximum Gasteiger partial charge on any atom is 0.247 e. The maximum atomic E-state index is 13.1. The highest BCUT2D eigenvalue weighted by atomic mass is 35.5. The lowest BCUT2D eigenvalue weighted by atomic mass is 10.1. The van der Waals surface area contributed by atoms with E-state index in [-0.39, 0.29) is 5.82 Å². The Hall–Kier alpha value is -2.20. The van der Waals surface area contributed by atoms with E-state index in [1.165, 1.54) is 12.1 Å². The molecule has 0 amide bonds. The summed E-state index contributed by atoms with van der Waals surface area (Å²) in [5, 5.41) is 8.55. The quantitative estimate of drug-likeness (QED) is 0.728. The summed E-state index contributed by atoms with van der Waals surface area (Å²) in [4.78, 5) is 0. The topological polar surface area (TPSA) is 38.9 Å². The van der Waals surface area contributed by atoms with Gasteiger partial charge in [-0.2, -0.15) is 0 Å². The van der Waals surface area contributed by atoms with Crippen molar-refractivity contribution in [2.24, 2.45) is 0 Å². The van der Waals surface area contributed by atoms with Crippen LogP contribution < -0.4 is 0 Å². The second-order valence-corrected chi connectivity index (χ2v) is 4.75. The Labute approximate surface area is 120 Å². The zero-order valence-electron chi connectivity index (χ0n) is 10.4. The molecule has 3 nitrogen and oxygen atoms in total. The zero-order valence-corrected chi connectivity index (χ0v) is 11.1.